The Hall–Kier alpha value is -2.12. The van der Waals surface area contributed by atoms with Crippen LogP contribution in [0.15, 0.2) is 0 Å². The first-order valence-electron chi connectivity index (χ1n) is 15.3. The van der Waals surface area contributed by atoms with Crippen molar-refractivity contribution in [3.63, 3.8) is 0 Å². The van der Waals surface area contributed by atoms with Gasteiger partial charge in [-0.2, -0.15) is 19.4 Å². The van der Waals surface area contributed by atoms with E-state index in [0.29, 0.717) is 12.8 Å². The van der Waals surface area contributed by atoms with E-state index in [0.717, 1.165) is 38.5 Å². The number of esters is 2. The monoisotopic (exact) mass is 542 g/mol. The lowest BCUT2D eigenvalue weighted by Crippen LogP contribution is -2.19. The van der Waals surface area contributed by atoms with Crippen LogP contribution in [0.4, 0.5) is 9.59 Å². The summed E-state index contributed by atoms with van der Waals surface area (Å²) in [5.74, 6) is -1.51. The number of hydrogen-bond donors (Lipinski definition) is 0. The third-order valence-electron chi connectivity index (χ3n) is 6.54. The predicted octanol–water partition coefficient (Wildman–Crippen LogP) is 9.66. The zero-order chi connectivity index (χ0) is 28.1. The molecule has 0 heterocycles. The molecule has 0 aromatic rings. The highest BCUT2D eigenvalue weighted by Crippen LogP contribution is 2.13. The smallest absolute Gasteiger partial charge is 0.358 e. The van der Waals surface area contributed by atoms with E-state index in [4.69, 9.17) is 0 Å². The Morgan fingerprint density at radius 1 is 0.368 bits per heavy atom. The number of carbonyl (C=O) groups is 4. The van der Waals surface area contributed by atoms with Crippen molar-refractivity contribution in [1.29, 1.82) is 0 Å². The SMILES string of the molecule is CCCCCCCCCCCCCC(=O)OC(=O)OOC(=O)OC(=O)CCCCCCCCCCCCC. The van der Waals surface area contributed by atoms with Crippen molar-refractivity contribution in [1.82, 2.24) is 0 Å². The first kappa shape index (κ1) is 35.9. The Kier molecular flexibility index (Phi) is 26.3. The van der Waals surface area contributed by atoms with Crippen LogP contribution in [0, 0.1) is 0 Å². The van der Waals surface area contributed by atoms with Gasteiger partial charge in [-0.05, 0) is 12.8 Å². The van der Waals surface area contributed by atoms with Crippen LogP contribution in [-0.2, 0) is 28.8 Å². The molecule has 0 aromatic heterocycles. The molecule has 0 aliphatic carbocycles. The Morgan fingerprint density at radius 3 is 0.868 bits per heavy atom. The van der Waals surface area contributed by atoms with Gasteiger partial charge in [0.15, 0.2) is 0 Å². The van der Waals surface area contributed by atoms with Crippen LogP contribution in [-0.4, -0.2) is 24.2 Å². The topological polar surface area (TPSA) is 105 Å². The van der Waals surface area contributed by atoms with E-state index in [-0.39, 0.29) is 12.8 Å². The van der Waals surface area contributed by atoms with Gasteiger partial charge in [-0.3, -0.25) is 9.59 Å². The van der Waals surface area contributed by atoms with Gasteiger partial charge in [0.1, 0.15) is 0 Å². The van der Waals surface area contributed by atoms with E-state index in [2.05, 4.69) is 33.1 Å². The molecule has 0 bridgehead atoms. The van der Waals surface area contributed by atoms with Gasteiger partial charge in [-0.1, -0.05) is 142 Å². The van der Waals surface area contributed by atoms with Crippen molar-refractivity contribution in [2.45, 2.75) is 168 Å². The second-order valence-corrected chi connectivity index (χ2v) is 10.2. The Labute approximate surface area is 230 Å². The van der Waals surface area contributed by atoms with Crippen molar-refractivity contribution >= 4 is 24.2 Å². The van der Waals surface area contributed by atoms with Crippen LogP contribution in [0.1, 0.15) is 168 Å². The third-order valence-corrected chi connectivity index (χ3v) is 6.54. The molecule has 0 fully saturated rings. The van der Waals surface area contributed by atoms with Crippen LogP contribution < -0.4 is 0 Å². The number of unbranched alkanes of at least 4 members (excludes halogenated alkanes) is 20. The largest absolute Gasteiger partial charge is 0.558 e. The Bertz CT molecular complexity index is 553. The molecular formula is C30H54O8. The van der Waals surface area contributed by atoms with E-state index < -0.39 is 24.2 Å². The predicted molar refractivity (Wildman–Crippen MR) is 147 cm³/mol. The van der Waals surface area contributed by atoms with Gasteiger partial charge in [0.2, 0.25) is 0 Å². The highest BCUT2D eigenvalue weighted by atomic mass is 17.3. The first-order chi connectivity index (χ1) is 18.5. The normalized spacial score (nSPS) is 10.7. The fraction of sp³-hybridized carbons (Fsp3) is 0.867. The van der Waals surface area contributed by atoms with Gasteiger partial charge < -0.3 is 9.47 Å². The van der Waals surface area contributed by atoms with Crippen LogP contribution in [0.25, 0.3) is 0 Å². The second kappa shape index (κ2) is 27.9. The van der Waals surface area contributed by atoms with Gasteiger partial charge in [0, 0.05) is 12.8 Å². The quantitative estimate of drug-likeness (QED) is 0.0390. The van der Waals surface area contributed by atoms with E-state index in [1.807, 2.05) is 0 Å². The lowest BCUT2D eigenvalue weighted by atomic mass is 10.1. The van der Waals surface area contributed by atoms with Gasteiger partial charge >= 0.3 is 24.2 Å². The minimum absolute atomic E-state index is 0.0774. The summed E-state index contributed by atoms with van der Waals surface area (Å²) in [6.45, 7) is 4.43. The van der Waals surface area contributed by atoms with E-state index in [1.54, 1.807) is 0 Å². The molecule has 38 heavy (non-hydrogen) atoms. The molecule has 0 atom stereocenters. The van der Waals surface area contributed by atoms with Gasteiger partial charge in [0.25, 0.3) is 0 Å². The lowest BCUT2D eigenvalue weighted by Gasteiger charge is -2.05. The van der Waals surface area contributed by atoms with Gasteiger partial charge in [-0.25, -0.2) is 0 Å². The fourth-order valence-corrected chi connectivity index (χ4v) is 4.26. The molecule has 8 heteroatoms. The van der Waals surface area contributed by atoms with Crippen LogP contribution in [0.5, 0.6) is 0 Å². The standard InChI is InChI=1S/C30H54O8/c1-3-5-7-9-11-13-15-17-19-21-23-25-27(31)35-29(33)37-38-30(34)36-28(32)26-24-22-20-18-16-14-12-10-8-6-4-2/h3-26H2,1-2H3. The molecule has 0 N–H and O–H groups in total. The molecule has 0 radical (unpaired) electrons. The van der Waals surface area contributed by atoms with Crippen molar-refractivity contribution in [2.24, 2.45) is 0 Å². The average molecular weight is 543 g/mol. The minimum Gasteiger partial charge on any atom is -0.358 e. The summed E-state index contributed by atoms with van der Waals surface area (Å²) in [5, 5.41) is 0. The van der Waals surface area contributed by atoms with Crippen molar-refractivity contribution < 1.29 is 38.4 Å². The summed E-state index contributed by atoms with van der Waals surface area (Å²) in [7, 11) is 0. The first-order valence-corrected chi connectivity index (χ1v) is 15.3. The Balaban J connectivity index is 3.56. The van der Waals surface area contributed by atoms with Gasteiger partial charge in [-0.15, -0.1) is 0 Å². The molecule has 0 saturated heterocycles. The summed E-state index contributed by atoms with van der Waals surface area (Å²) >= 11 is 0. The van der Waals surface area contributed by atoms with E-state index in [1.165, 1.54) is 89.9 Å². The molecule has 0 saturated carbocycles. The number of hydrogen-bond acceptors (Lipinski definition) is 8. The van der Waals surface area contributed by atoms with Crippen LogP contribution >= 0.6 is 0 Å². The summed E-state index contributed by atoms with van der Waals surface area (Å²) < 4.78 is 8.85. The third kappa shape index (κ3) is 26.9. The summed E-state index contributed by atoms with van der Waals surface area (Å²) in [6, 6.07) is 0. The highest BCUT2D eigenvalue weighted by molar-refractivity contribution is 5.83. The molecule has 222 valence electrons. The van der Waals surface area contributed by atoms with E-state index >= 15 is 0 Å². The second-order valence-electron chi connectivity index (χ2n) is 10.2. The molecule has 0 unspecified atom stereocenters. The van der Waals surface area contributed by atoms with Crippen LogP contribution in [0.2, 0.25) is 0 Å². The number of ether oxygens (including phenoxy) is 2. The van der Waals surface area contributed by atoms with Crippen LogP contribution in [0.3, 0.4) is 0 Å². The van der Waals surface area contributed by atoms with E-state index in [9.17, 15) is 19.2 Å². The minimum atomic E-state index is -1.46. The zero-order valence-corrected chi connectivity index (χ0v) is 24.2. The average Bonchev–Trinajstić information content (AvgIpc) is 2.89. The summed E-state index contributed by atoms with van der Waals surface area (Å²) in [6.07, 6.45) is 22.5. The molecule has 0 aromatic carbocycles. The fourth-order valence-electron chi connectivity index (χ4n) is 4.26. The molecular weight excluding hydrogens is 488 g/mol. The number of rotatable bonds is 24. The summed E-state index contributed by atoms with van der Waals surface area (Å²) in [4.78, 5) is 54.4. The molecule has 0 rings (SSSR count). The van der Waals surface area contributed by atoms with Gasteiger partial charge in [0.05, 0.1) is 0 Å². The maximum atomic E-state index is 11.7. The number of carbonyl (C=O) groups excluding carboxylic acids is 4. The maximum Gasteiger partial charge on any atom is 0.558 e. The molecule has 0 aliphatic heterocycles. The maximum absolute atomic E-state index is 11.7. The zero-order valence-electron chi connectivity index (χ0n) is 24.2. The lowest BCUT2D eigenvalue weighted by molar-refractivity contribution is -0.218. The molecule has 0 spiro atoms. The van der Waals surface area contributed by atoms with Crippen molar-refractivity contribution in [2.75, 3.05) is 0 Å². The molecule has 0 aliphatic rings. The molecule has 8 nitrogen and oxygen atoms in total. The van der Waals surface area contributed by atoms with Crippen molar-refractivity contribution in [3.05, 3.63) is 0 Å². The molecule has 0 amide bonds. The Morgan fingerprint density at radius 2 is 0.605 bits per heavy atom. The summed E-state index contributed by atoms with van der Waals surface area (Å²) in [5.41, 5.74) is 0. The van der Waals surface area contributed by atoms with Crippen molar-refractivity contribution in [3.8, 4) is 0 Å². The highest BCUT2D eigenvalue weighted by Gasteiger charge is 2.18.